The van der Waals surface area contributed by atoms with E-state index in [-0.39, 0.29) is 24.4 Å². The summed E-state index contributed by atoms with van der Waals surface area (Å²) in [7, 11) is 3.25. The number of hydrogen-bond donors (Lipinski definition) is 1. The van der Waals surface area contributed by atoms with Crippen LogP contribution in [-0.2, 0) is 4.74 Å². The van der Waals surface area contributed by atoms with Gasteiger partial charge in [0.25, 0.3) is 5.91 Å². The molecule has 0 aromatic heterocycles. The first kappa shape index (κ1) is 16.9. The fourth-order valence-corrected chi connectivity index (χ4v) is 2.25. The minimum atomic E-state index is -0.144. The molecule has 20 heavy (non-hydrogen) atoms. The van der Waals surface area contributed by atoms with Gasteiger partial charge in [0.1, 0.15) is 5.75 Å². The van der Waals surface area contributed by atoms with E-state index in [1.54, 1.807) is 24.1 Å². The molecule has 1 heterocycles. The van der Waals surface area contributed by atoms with Crippen LogP contribution in [0.2, 0.25) is 5.02 Å². The zero-order chi connectivity index (χ0) is 14.0. The molecule has 1 unspecified atom stereocenters. The Morgan fingerprint density at radius 2 is 2.25 bits per heavy atom. The molecule has 0 bridgehead atoms. The van der Waals surface area contributed by atoms with E-state index in [4.69, 9.17) is 26.8 Å². The number of methoxy groups -OCH3 is 1. The molecule has 0 spiro atoms. The van der Waals surface area contributed by atoms with E-state index in [0.29, 0.717) is 35.2 Å². The van der Waals surface area contributed by atoms with E-state index in [1.807, 2.05) is 0 Å². The molecule has 0 aliphatic carbocycles. The van der Waals surface area contributed by atoms with Gasteiger partial charge in [0.15, 0.2) is 0 Å². The third kappa shape index (κ3) is 3.29. The molecule has 1 aromatic carbocycles. The number of likely N-dealkylation sites (N-methyl/N-ethyl adjacent to an activating group) is 1. The Kier molecular flexibility index (Phi) is 5.92. The van der Waals surface area contributed by atoms with Crippen LogP contribution < -0.4 is 10.5 Å². The van der Waals surface area contributed by atoms with E-state index < -0.39 is 0 Å². The minimum Gasteiger partial charge on any atom is -0.496 e. The van der Waals surface area contributed by atoms with Crippen molar-refractivity contribution in [1.82, 2.24) is 4.90 Å². The van der Waals surface area contributed by atoms with Gasteiger partial charge in [-0.05, 0) is 12.5 Å². The van der Waals surface area contributed by atoms with Crippen molar-refractivity contribution in [2.45, 2.75) is 12.5 Å². The summed E-state index contributed by atoms with van der Waals surface area (Å²) in [4.78, 5) is 14.1. The number of amides is 1. The van der Waals surface area contributed by atoms with Gasteiger partial charge in [-0.25, -0.2) is 0 Å². The summed E-state index contributed by atoms with van der Waals surface area (Å²) < 4.78 is 10.5. The number of rotatable bonds is 3. The zero-order valence-corrected chi connectivity index (χ0v) is 13.0. The summed E-state index contributed by atoms with van der Waals surface area (Å²) in [5.41, 5.74) is 6.51. The maximum absolute atomic E-state index is 12.5. The van der Waals surface area contributed by atoms with Gasteiger partial charge in [0, 0.05) is 19.7 Å². The number of benzene rings is 1. The van der Waals surface area contributed by atoms with Crippen molar-refractivity contribution in [3.8, 4) is 5.75 Å². The van der Waals surface area contributed by atoms with Crippen LogP contribution in [0.5, 0.6) is 5.75 Å². The van der Waals surface area contributed by atoms with Crippen LogP contribution in [0.25, 0.3) is 0 Å². The van der Waals surface area contributed by atoms with E-state index >= 15 is 0 Å². The van der Waals surface area contributed by atoms with E-state index in [0.717, 1.165) is 6.42 Å². The lowest BCUT2D eigenvalue weighted by atomic mass is 10.1. The number of hydrogen-bond acceptors (Lipinski definition) is 4. The number of nitrogens with two attached hydrogens (primary N) is 1. The Morgan fingerprint density at radius 1 is 1.55 bits per heavy atom. The summed E-state index contributed by atoms with van der Waals surface area (Å²) in [6.45, 7) is 1.25. The molecule has 1 saturated heterocycles. The van der Waals surface area contributed by atoms with Gasteiger partial charge >= 0.3 is 0 Å². The topological polar surface area (TPSA) is 64.8 Å². The Hall–Kier alpha value is -1.17. The molecule has 7 heteroatoms. The van der Waals surface area contributed by atoms with E-state index in [9.17, 15) is 4.79 Å². The number of halogens is 2. The lowest BCUT2D eigenvalue weighted by molar-refractivity contribution is 0.0708. The van der Waals surface area contributed by atoms with Crippen LogP contribution in [0.3, 0.4) is 0 Å². The quantitative estimate of drug-likeness (QED) is 0.867. The second-order valence-electron chi connectivity index (χ2n) is 4.51. The summed E-state index contributed by atoms with van der Waals surface area (Å²) in [6, 6.07) is 3.20. The average Bonchev–Trinajstić information content (AvgIpc) is 2.93. The molecular formula is C13H18Cl2N2O3. The Labute approximate surface area is 129 Å². The highest BCUT2D eigenvalue weighted by Gasteiger charge is 2.27. The lowest BCUT2D eigenvalue weighted by Gasteiger charge is -2.24. The van der Waals surface area contributed by atoms with E-state index in [2.05, 4.69) is 0 Å². The van der Waals surface area contributed by atoms with Crippen molar-refractivity contribution in [3.05, 3.63) is 22.7 Å². The molecule has 112 valence electrons. The Bertz CT molecular complexity index is 491. The molecule has 2 N–H and O–H groups in total. The zero-order valence-electron chi connectivity index (χ0n) is 11.4. The van der Waals surface area contributed by atoms with Gasteiger partial charge in [-0.1, -0.05) is 11.6 Å². The Morgan fingerprint density at radius 3 is 2.80 bits per heavy atom. The lowest BCUT2D eigenvalue weighted by Crippen LogP contribution is -2.37. The number of nitrogens with zero attached hydrogens (tertiary/aromatic N) is 1. The van der Waals surface area contributed by atoms with Crippen LogP contribution in [0, 0.1) is 0 Å². The second kappa shape index (κ2) is 7.02. The molecule has 0 radical (unpaired) electrons. The molecular weight excluding hydrogens is 303 g/mol. The average molecular weight is 321 g/mol. The number of carbonyl (C=O) groups is 1. The first-order chi connectivity index (χ1) is 9.04. The highest BCUT2D eigenvalue weighted by Crippen LogP contribution is 2.30. The third-order valence-corrected chi connectivity index (χ3v) is 3.65. The molecule has 1 amide bonds. The van der Waals surface area contributed by atoms with Crippen LogP contribution in [0.1, 0.15) is 16.8 Å². The fraction of sp³-hybridized carbons (Fsp3) is 0.462. The molecule has 1 fully saturated rings. The number of nitrogen functional groups attached to an aromatic ring is 1. The fourth-order valence-electron chi connectivity index (χ4n) is 2.09. The van der Waals surface area contributed by atoms with Crippen LogP contribution >= 0.6 is 24.0 Å². The van der Waals surface area contributed by atoms with Crippen molar-refractivity contribution < 1.29 is 14.3 Å². The minimum absolute atomic E-state index is 0. The normalized spacial score (nSPS) is 17.4. The van der Waals surface area contributed by atoms with Gasteiger partial charge in [-0.2, -0.15) is 0 Å². The monoisotopic (exact) mass is 320 g/mol. The maximum Gasteiger partial charge on any atom is 0.257 e. The highest BCUT2D eigenvalue weighted by molar-refractivity contribution is 6.33. The number of carbonyl (C=O) groups excluding carboxylic acids is 1. The summed E-state index contributed by atoms with van der Waals surface area (Å²) in [6.07, 6.45) is 0.841. The predicted octanol–water partition coefficient (Wildman–Crippen LogP) is 2.21. The maximum atomic E-state index is 12.5. The van der Waals surface area contributed by atoms with Gasteiger partial charge in [0.05, 0.1) is 36.0 Å². The molecule has 1 aliphatic rings. The van der Waals surface area contributed by atoms with Crippen molar-refractivity contribution >= 4 is 35.6 Å². The van der Waals surface area contributed by atoms with Crippen LogP contribution in [-0.4, -0.2) is 44.2 Å². The van der Waals surface area contributed by atoms with E-state index in [1.165, 1.54) is 7.11 Å². The van der Waals surface area contributed by atoms with Crippen molar-refractivity contribution in [2.75, 3.05) is 33.1 Å². The van der Waals surface area contributed by atoms with Crippen molar-refractivity contribution in [1.29, 1.82) is 0 Å². The molecule has 0 saturated carbocycles. The molecule has 2 rings (SSSR count). The molecule has 1 atom stereocenters. The van der Waals surface area contributed by atoms with Crippen molar-refractivity contribution in [3.63, 3.8) is 0 Å². The van der Waals surface area contributed by atoms with Crippen LogP contribution in [0.4, 0.5) is 5.69 Å². The summed E-state index contributed by atoms with van der Waals surface area (Å²) in [5, 5.41) is 0.347. The summed E-state index contributed by atoms with van der Waals surface area (Å²) >= 11 is 5.98. The Balaban J connectivity index is 0.00000200. The summed E-state index contributed by atoms with van der Waals surface area (Å²) in [5.74, 6) is 0.284. The predicted molar refractivity (Wildman–Crippen MR) is 81.0 cm³/mol. The number of anilines is 1. The SMILES string of the molecule is COc1cc(N)c(Cl)cc1C(=O)N(C)C1CCOC1.Cl. The smallest absolute Gasteiger partial charge is 0.257 e. The van der Waals surface area contributed by atoms with Gasteiger partial charge in [0.2, 0.25) is 0 Å². The first-order valence-corrected chi connectivity index (χ1v) is 6.40. The molecule has 1 aliphatic heterocycles. The molecule has 1 aromatic rings. The van der Waals surface area contributed by atoms with Gasteiger partial charge in [-0.15, -0.1) is 12.4 Å². The van der Waals surface area contributed by atoms with Crippen LogP contribution in [0.15, 0.2) is 12.1 Å². The third-order valence-electron chi connectivity index (χ3n) is 3.32. The number of ether oxygens (including phenoxy) is 2. The second-order valence-corrected chi connectivity index (χ2v) is 4.91. The molecule has 5 nitrogen and oxygen atoms in total. The largest absolute Gasteiger partial charge is 0.496 e. The van der Waals surface area contributed by atoms with Gasteiger partial charge in [-0.3, -0.25) is 4.79 Å². The standard InChI is InChI=1S/C13H17ClN2O3.ClH/c1-16(8-3-4-19-7-8)13(17)9-5-10(14)11(15)6-12(9)18-2;/h5-6,8H,3-4,7,15H2,1-2H3;1H. The van der Waals surface area contributed by atoms with Crippen molar-refractivity contribution in [2.24, 2.45) is 0 Å². The first-order valence-electron chi connectivity index (χ1n) is 6.02. The highest BCUT2D eigenvalue weighted by atomic mass is 35.5. The van der Waals surface area contributed by atoms with Gasteiger partial charge < -0.3 is 20.1 Å².